The van der Waals surface area contributed by atoms with Gasteiger partial charge in [-0.15, -0.1) is 0 Å². The van der Waals surface area contributed by atoms with Crippen molar-refractivity contribution in [3.05, 3.63) is 23.8 Å². The molecule has 0 bridgehead atoms. The molecule has 0 saturated carbocycles. The molecule has 0 fully saturated rings. The lowest BCUT2D eigenvalue weighted by atomic mass is 9.96. The van der Waals surface area contributed by atoms with Crippen LogP contribution in [0.1, 0.15) is 50.5 Å². The van der Waals surface area contributed by atoms with Crippen molar-refractivity contribution in [2.75, 3.05) is 0 Å². The molecule has 0 aromatic carbocycles. The van der Waals surface area contributed by atoms with Gasteiger partial charge in [0.05, 0.1) is 12.0 Å². The summed E-state index contributed by atoms with van der Waals surface area (Å²) < 4.78 is 2.28. The van der Waals surface area contributed by atoms with E-state index in [1.165, 1.54) is 5.69 Å². The average molecular weight is 176 g/mol. The second-order valence-corrected chi connectivity index (χ2v) is 4.06. The fraction of sp³-hybridized carbons (Fsp3) is 0.545. The molecule has 2 rings (SSSR count). The summed E-state index contributed by atoms with van der Waals surface area (Å²) in [7, 11) is 0. The van der Waals surface area contributed by atoms with Gasteiger partial charge >= 0.3 is 0 Å². The maximum absolute atomic E-state index is 4.40. The van der Waals surface area contributed by atoms with Crippen LogP contribution in [0.5, 0.6) is 0 Å². The fourth-order valence-electron chi connectivity index (χ4n) is 1.93. The van der Waals surface area contributed by atoms with Crippen molar-refractivity contribution in [1.82, 2.24) is 9.55 Å². The van der Waals surface area contributed by atoms with Crippen molar-refractivity contribution in [3.63, 3.8) is 0 Å². The summed E-state index contributed by atoms with van der Waals surface area (Å²) in [6.07, 6.45) is 7.45. The highest BCUT2D eigenvalue weighted by Gasteiger charge is 2.19. The van der Waals surface area contributed by atoms with E-state index in [-0.39, 0.29) is 0 Å². The van der Waals surface area contributed by atoms with Gasteiger partial charge in [-0.2, -0.15) is 0 Å². The third kappa shape index (κ3) is 1.30. The lowest BCUT2D eigenvalue weighted by Crippen LogP contribution is -2.09. The number of rotatable bonds is 1. The smallest absolute Gasteiger partial charge is 0.0958 e. The van der Waals surface area contributed by atoms with Crippen molar-refractivity contribution in [3.8, 4) is 0 Å². The molecule has 0 saturated heterocycles. The van der Waals surface area contributed by atoms with E-state index in [1.54, 1.807) is 0 Å². The molecule has 0 spiro atoms. The normalized spacial score (nSPS) is 20.8. The summed E-state index contributed by atoms with van der Waals surface area (Å²) in [6, 6.07) is 0.519. The number of hydrogen-bond donors (Lipinski definition) is 0. The van der Waals surface area contributed by atoms with E-state index in [2.05, 4.69) is 42.5 Å². The third-order valence-electron chi connectivity index (χ3n) is 2.65. The molecule has 13 heavy (non-hydrogen) atoms. The minimum atomic E-state index is 0.519. The second-order valence-electron chi connectivity index (χ2n) is 4.06. The summed E-state index contributed by atoms with van der Waals surface area (Å²) in [5.41, 5.74) is 2.56. The van der Waals surface area contributed by atoms with Gasteiger partial charge in [-0.25, -0.2) is 4.98 Å². The van der Waals surface area contributed by atoms with Crippen molar-refractivity contribution in [2.45, 2.75) is 39.2 Å². The van der Waals surface area contributed by atoms with E-state index in [1.807, 2.05) is 6.33 Å². The summed E-state index contributed by atoms with van der Waals surface area (Å²) in [5.74, 6) is 0.616. The molecule has 2 nitrogen and oxygen atoms in total. The Morgan fingerprint density at radius 2 is 2.31 bits per heavy atom. The Bertz CT molecular complexity index is 334. The van der Waals surface area contributed by atoms with Crippen LogP contribution in [-0.2, 0) is 0 Å². The van der Waals surface area contributed by atoms with Gasteiger partial charge in [0.2, 0.25) is 0 Å². The van der Waals surface area contributed by atoms with Crippen molar-refractivity contribution in [1.29, 1.82) is 0 Å². The molecule has 1 atom stereocenters. The summed E-state index contributed by atoms with van der Waals surface area (Å²) in [6.45, 7) is 6.67. The topological polar surface area (TPSA) is 17.8 Å². The standard InChI is InChI=1S/C11H16N2/c1-8(2)13-7-12-10-6-4-5-9(3)11(10)13/h4,6-9H,5H2,1-3H3. The Balaban J connectivity index is 2.51. The van der Waals surface area contributed by atoms with Crippen molar-refractivity contribution < 1.29 is 0 Å². The van der Waals surface area contributed by atoms with Gasteiger partial charge in [0.15, 0.2) is 0 Å². The Morgan fingerprint density at radius 1 is 1.54 bits per heavy atom. The maximum Gasteiger partial charge on any atom is 0.0958 e. The van der Waals surface area contributed by atoms with Gasteiger partial charge in [-0.05, 0) is 26.3 Å². The van der Waals surface area contributed by atoms with Crippen LogP contribution in [0, 0.1) is 0 Å². The minimum Gasteiger partial charge on any atom is -0.331 e. The Labute approximate surface area is 79.3 Å². The van der Waals surface area contributed by atoms with Crippen LogP contribution < -0.4 is 0 Å². The van der Waals surface area contributed by atoms with Crippen LogP contribution in [0.15, 0.2) is 12.4 Å². The summed E-state index contributed by atoms with van der Waals surface area (Å²) in [4.78, 5) is 4.40. The van der Waals surface area contributed by atoms with Crippen LogP contribution >= 0.6 is 0 Å². The quantitative estimate of drug-likeness (QED) is 0.643. The Kier molecular flexibility index (Phi) is 1.98. The molecule has 1 aliphatic rings. The van der Waals surface area contributed by atoms with Gasteiger partial charge in [0.25, 0.3) is 0 Å². The Hall–Kier alpha value is -1.05. The van der Waals surface area contributed by atoms with E-state index in [0.29, 0.717) is 12.0 Å². The number of nitrogens with zero attached hydrogens (tertiary/aromatic N) is 2. The molecule has 1 unspecified atom stereocenters. The number of allylic oxidation sites excluding steroid dienone is 1. The summed E-state index contributed by atoms with van der Waals surface area (Å²) >= 11 is 0. The molecule has 1 aromatic heterocycles. The van der Waals surface area contributed by atoms with Crippen LogP contribution in [-0.4, -0.2) is 9.55 Å². The number of aromatic nitrogens is 2. The van der Waals surface area contributed by atoms with E-state index in [9.17, 15) is 0 Å². The minimum absolute atomic E-state index is 0.519. The molecule has 70 valence electrons. The highest BCUT2D eigenvalue weighted by atomic mass is 15.1. The molecule has 2 heteroatoms. The third-order valence-corrected chi connectivity index (χ3v) is 2.65. The molecule has 1 aromatic rings. The highest BCUT2D eigenvalue weighted by molar-refractivity contribution is 5.51. The zero-order valence-electron chi connectivity index (χ0n) is 8.49. The van der Waals surface area contributed by atoms with Crippen LogP contribution in [0.3, 0.4) is 0 Å². The van der Waals surface area contributed by atoms with Crippen LogP contribution in [0.4, 0.5) is 0 Å². The first kappa shape index (κ1) is 8.54. The SMILES string of the molecule is CC1CC=Cc2ncn(C(C)C)c21. The number of fused-ring (bicyclic) bond motifs is 1. The first-order valence-corrected chi connectivity index (χ1v) is 4.93. The van der Waals surface area contributed by atoms with E-state index < -0.39 is 0 Å². The van der Waals surface area contributed by atoms with Crippen LogP contribution in [0.25, 0.3) is 6.08 Å². The molecule has 1 heterocycles. The largest absolute Gasteiger partial charge is 0.331 e. The van der Waals surface area contributed by atoms with E-state index >= 15 is 0 Å². The lowest BCUT2D eigenvalue weighted by molar-refractivity contribution is 0.547. The molecule has 0 N–H and O–H groups in total. The molecule has 0 amide bonds. The highest BCUT2D eigenvalue weighted by Crippen LogP contribution is 2.30. The Morgan fingerprint density at radius 3 is 3.00 bits per heavy atom. The number of imidazole rings is 1. The first-order valence-electron chi connectivity index (χ1n) is 4.93. The predicted octanol–water partition coefficient (Wildman–Crippen LogP) is 2.98. The van der Waals surface area contributed by atoms with Crippen molar-refractivity contribution in [2.24, 2.45) is 0 Å². The molecule has 1 aliphatic carbocycles. The van der Waals surface area contributed by atoms with Gasteiger partial charge in [0.1, 0.15) is 0 Å². The molecular formula is C11H16N2. The molecule has 0 aliphatic heterocycles. The molecular weight excluding hydrogens is 160 g/mol. The number of hydrogen-bond acceptors (Lipinski definition) is 1. The first-order chi connectivity index (χ1) is 6.20. The van der Waals surface area contributed by atoms with Gasteiger partial charge < -0.3 is 4.57 Å². The zero-order valence-corrected chi connectivity index (χ0v) is 8.49. The fourth-order valence-corrected chi connectivity index (χ4v) is 1.93. The van der Waals surface area contributed by atoms with Gasteiger partial charge in [-0.1, -0.05) is 13.0 Å². The van der Waals surface area contributed by atoms with E-state index in [0.717, 1.165) is 12.1 Å². The van der Waals surface area contributed by atoms with Crippen molar-refractivity contribution >= 4 is 6.08 Å². The zero-order chi connectivity index (χ0) is 9.42. The lowest BCUT2D eigenvalue weighted by Gasteiger charge is -2.19. The monoisotopic (exact) mass is 176 g/mol. The van der Waals surface area contributed by atoms with Crippen LogP contribution in [0.2, 0.25) is 0 Å². The van der Waals surface area contributed by atoms with E-state index in [4.69, 9.17) is 0 Å². The maximum atomic E-state index is 4.40. The molecule has 0 radical (unpaired) electrons. The van der Waals surface area contributed by atoms with Gasteiger partial charge in [0, 0.05) is 17.7 Å². The summed E-state index contributed by atoms with van der Waals surface area (Å²) in [5, 5.41) is 0. The second kappa shape index (κ2) is 3.02. The predicted molar refractivity (Wildman–Crippen MR) is 54.7 cm³/mol. The van der Waals surface area contributed by atoms with Gasteiger partial charge in [-0.3, -0.25) is 0 Å². The average Bonchev–Trinajstić information content (AvgIpc) is 2.49.